The molecule has 1 saturated heterocycles. The van der Waals surface area contributed by atoms with Crippen molar-refractivity contribution in [3.05, 3.63) is 65.5 Å². The molecule has 0 spiro atoms. The molecule has 0 aliphatic carbocycles. The highest BCUT2D eigenvalue weighted by molar-refractivity contribution is 5.46. The van der Waals surface area contributed by atoms with E-state index in [2.05, 4.69) is 16.9 Å². The smallest absolute Gasteiger partial charge is 0.119 e. The van der Waals surface area contributed by atoms with E-state index in [9.17, 15) is 5.11 Å². The van der Waals surface area contributed by atoms with Crippen LogP contribution < -0.4 is 5.32 Å². The first-order chi connectivity index (χ1) is 11.1. The van der Waals surface area contributed by atoms with Gasteiger partial charge in [-0.2, -0.15) is 0 Å². The second kappa shape index (κ2) is 7.71. The third-order valence-electron chi connectivity index (χ3n) is 4.82. The fourth-order valence-electron chi connectivity index (χ4n) is 3.55. The number of hydrogen-bond donors (Lipinski definition) is 2. The number of nitrogens with zero attached hydrogens (tertiary/aromatic N) is 1. The predicted molar refractivity (Wildman–Crippen MR) is 96.2 cm³/mol. The van der Waals surface area contributed by atoms with E-state index in [1.54, 1.807) is 6.20 Å². The molecule has 23 heavy (non-hydrogen) atoms. The summed E-state index contributed by atoms with van der Waals surface area (Å²) in [5.74, 6) is 0.160. The molecule has 3 nitrogen and oxygen atoms in total. The van der Waals surface area contributed by atoms with E-state index >= 15 is 0 Å². The molecule has 2 N–H and O–H groups in total. The summed E-state index contributed by atoms with van der Waals surface area (Å²) >= 11 is 0. The standard InChI is InChI=1S/C20H28N2O/c1-5-8-18(15(3)6-2)20(23,17-10-13-21-14-11-17)19-9-7-12-22-16(19)4/h5-9,12,17,21,23H,2,10-11,13-14H2,1,3-4H3/b8-5-,18-15+. The van der Waals surface area contributed by atoms with Crippen molar-refractivity contribution in [3.8, 4) is 0 Å². The molecule has 1 aliphatic rings. The Hall–Kier alpha value is -1.71. The molecular formula is C20H28N2O. The lowest BCUT2D eigenvalue weighted by molar-refractivity contribution is 0.000181. The van der Waals surface area contributed by atoms with E-state index in [1.807, 2.05) is 51.1 Å². The second-order valence-corrected chi connectivity index (χ2v) is 6.23. The van der Waals surface area contributed by atoms with Crippen LogP contribution in [0.2, 0.25) is 0 Å². The molecule has 1 aromatic heterocycles. The minimum atomic E-state index is -1.04. The van der Waals surface area contributed by atoms with Crippen LogP contribution >= 0.6 is 0 Å². The lowest BCUT2D eigenvalue weighted by Crippen LogP contribution is -2.43. The zero-order valence-corrected chi connectivity index (χ0v) is 14.5. The number of pyridine rings is 1. The number of piperidine rings is 1. The normalized spacial score (nSPS) is 20.2. The molecule has 0 bridgehead atoms. The van der Waals surface area contributed by atoms with Gasteiger partial charge in [0.1, 0.15) is 5.60 Å². The van der Waals surface area contributed by atoms with E-state index < -0.39 is 5.60 Å². The van der Waals surface area contributed by atoms with Gasteiger partial charge in [-0.25, -0.2) is 0 Å². The third kappa shape index (κ3) is 3.46. The predicted octanol–water partition coefficient (Wildman–Crippen LogP) is 3.66. The third-order valence-corrected chi connectivity index (χ3v) is 4.82. The molecule has 1 aromatic rings. The highest BCUT2D eigenvalue weighted by Gasteiger charge is 2.43. The van der Waals surface area contributed by atoms with Gasteiger partial charge < -0.3 is 10.4 Å². The first kappa shape index (κ1) is 17.6. The van der Waals surface area contributed by atoms with Crippen molar-refractivity contribution in [1.29, 1.82) is 0 Å². The summed E-state index contributed by atoms with van der Waals surface area (Å²) < 4.78 is 0. The minimum Gasteiger partial charge on any atom is -0.380 e. The molecule has 2 rings (SSSR count). The summed E-state index contributed by atoms with van der Waals surface area (Å²) in [6.07, 6.45) is 9.49. The first-order valence-corrected chi connectivity index (χ1v) is 8.37. The van der Waals surface area contributed by atoms with Crippen LogP contribution in [0.4, 0.5) is 0 Å². The van der Waals surface area contributed by atoms with Gasteiger partial charge in [-0.15, -0.1) is 0 Å². The van der Waals surface area contributed by atoms with Crippen LogP contribution in [-0.4, -0.2) is 23.2 Å². The molecule has 0 saturated carbocycles. The Balaban J connectivity index is 2.68. The number of rotatable bonds is 5. The lowest BCUT2D eigenvalue weighted by Gasteiger charge is -2.41. The molecule has 3 heteroatoms. The molecule has 0 amide bonds. The van der Waals surface area contributed by atoms with Crippen LogP contribution in [0, 0.1) is 12.8 Å². The Morgan fingerprint density at radius 3 is 2.70 bits per heavy atom. The van der Waals surface area contributed by atoms with Crippen LogP contribution in [0.3, 0.4) is 0 Å². The van der Waals surface area contributed by atoms with Crippen molar-refractivity contribution in [2.75, 3.05) is 13.1 Å². The monoisotopic (exact) mass is 312 g/mol. The zero-order valence-electron chi connectivity index (χ0n) is 14.5. The fourth-order valence-corrected chi connectivity index (χ4v) is 3.55. The molecule has 0 radical (unpaired) electrons. The van der Waals surface area contributed by atoms with Crippen LogP contribution in [0.1, 0.15) is 37.9 Å². The summed E-state index contributed by atoms with van der Waals surface area (Å²) in [7, 11) is 0. The Bertz CT molecular complexity index is 612. The largest absolute Gasteiger partial charge is 0.380 e. The zero-order chi connectivity index (χ0) is 16.9. The molecule has 1 unspecified atom stereocenters. The van der Waals surface area contributed by atoms with Crippen LogP contribution in [0.15, 0.2) is 54.3 Å². The van der Waals surface area contributed by atoms with Gasteiger partial charge in [-0.1, -0.05) is 30.9 Å². The van der Waals surface area contributed by atoms with E-state index in [0.717, 1.165) is 48.3 Å². The van der Waals surface area contributed by atoms with E-state index in [0.29, 0.717) is 0 Å². The number of nitrogens with one attached hydrogen (secondary N) is 1. The molecule has 0 aromatic carbocycles. The van der Waals surface area contributed by atoms with Gasteiger partial charge in [0.05, 0.1) is 0 Å². The van der Waals surface area contributed by atoms with Gasteiger partial charge in [0.15, 0.2) is 0 Å². The van der Waals surface area contributed by atoms with Crippen LogP contribution in [0.5, 0.6) is 0 Å². The Kier molecular flexibility index (Phi) is 5.91. The lowest BCUT2D eigenvalue weighted by atomic mass is 9.70. The maximum atomic E-state index is 12.0. The van der Waals surface area contributed by atoms with Gasteiger partial charge in [0.25, 0.3) is 0 Å². The van der Waals surface area contributed by atoms with Crippen molar-refractivity contribution < 1.29 is 5.11 Å². The van der Waals surface area contributed by atoms with Crippen LogP contribution in [-0.2, 0) is 5.60 Å². The van der Waals surface area contributed by atoms with Gasteiger partial charge >= 0.3 is 0 Å². The highest BCUT2D eigenvalue weighted by atomic mass is 16.3. The molecule has 124 valence electrons. The average Bonchev–Trinajstić information content (AvgIpc) is 2.59. The summed E-state index contributed by atoms with van der Waals surface area (Å²) in [5, 5.41) is 15.3. The SMILES string of the molecule is C=C/C(C)=C(\C=C/C)C(O)(c1cccnc1C)C1CCNCC1. The van der Waals surface area contributed by atoms with Gasteiger partial charge in [0, 0.05) is 17.5 Å². The molecule has 1 fully saturated rings. The number of hydrogen-bond acceptors (Lipinski definition) is 3. The van der Waals surface area contributed by atoms with E-state index in [-0.39, 0.29) is 5.92 Å². The topological polar surface area (TPSA) is 45.2 Å². The van der Waals surface area contributed by atoms with Gasteiger partial charge in [-0.3, -0.25) is 4.98 Å². The van der Waals surface area contributed by atoms with Crippen molar-refractivity contribution in [2.45, 2.75) is 39.2 Å². The number of aromatic nitrogens is 1. The molecule has 2 heterocycles. The first-order valence-electron chi connectivity index (χ1n) is 8.37. The number of aryl methyl sites for hydroxylation is 1. The van der Waals surface area contributed by atoms with Crippen molar-refractivity contribution in [2.24, 2.45) is 5.92 Å². The molecular weight excluding hydrogens is 284 g/mol. The van der Waals surface area contributed by atoms with E-state index in [1.165, 1.54) is 0 Å². The van der Waals surface area contributed by atoms with Gasteiger partial charge in [-0.05, 0) is 69.8 Å². The maximum Gasteiger partial charge on any atom is 0.119 e. The second-order valence-electron chi connectivity index (χ2n) is 6.23. The number of aliphatic hydroxyl groups is 1. The summed E-state index contributed by atoms with van der Waals surface area (Å²) in [5.41, 5.74) is 2.68. The van der Waals surface area contributed by atoms with Crippen molar-refractivity contribution in [3.63, 3.8) is 0 Å². The molecule has 1 atom stereocenters. The summed E-state index contributed by atoms with van der Waals surface area (Å²) in [6.45, 7) is 11.7. The quantitative estimate of drug-likeness (QED) is 0.816. The maximum absolute atomic E-state index is 12.0. The molecule has 1 aliphatic heterocycles. The van der Waals surface area contributed by atoms with Crippen molar-refractivity contribution in [1.82, 2.24) is 10.3 Å². The Morgan fingerprint density at radius 2 is 2.13 bits per heavy atom. The van der Waals surface area contributed by atoms with Crippen molar-refractivity contribution >= 4 is 0 Å². The van der Waals surface area contributed by atoms with Gasteiger partial charge in [0.2, 0.25) is 0 Å². The average molecular weight is 312 g/mol. The highest BCUT2D eigenvalue weighted by Crippen LogP contribution is 2.44. The number of allylic oxidation sites excluding steroid dienone is 3. The summed E-state index contributed by atoms with van der Waals surface area (Å²) in [6, 6.07) is 3.91. The summed E-state index contributed by atoms with van der Waals surface area (Å²) in [4.78, 5) is 4.42. The van der Waals surface area contributed by atoms with Crippen LogP contribution in [0.25, 0.3) is 0 Å². The Labute approximate surface area is 139 Å². The Morgan fingerprint density at radius 1 is 1.43 bits per heavy atom. The minimum absolute atomic E-state index is 0.160. The fraction of sp³-hybridized carbons (Fsp3) is 0.450. The van der Waals surface area contributed by atoms with E-state index in [4.69, 9.17) is 0 Å².